The van der Waals surface area contributed by atoms with Crippen molar-refractivity contribution in [3.63, 3.8) is 0 Å². The van der Waals surface area contributed by atoms with Gasteiger partial charge >= 0.3 is 19.1 Å². The van der Waals surface area contributed by atoms with E-state index in [1.54, 1.807) is 43.1 Å². The van der Waals surface area contributed by atoms with Crippen LogP contribution in [0.5, 0.6) is 11.5 Å². The fourth-order valence-electron chi connectivity index (χ4n) is 4.80. The van der Waals surface area contributed by atoms with Crippen molar-refractivity contribution >= 4 is 30.3 Å². The summed E-state index contributed by atoms with van der Waals surface area (Å²) in [5.74, 6) is 0.770. The summed E-state index contributed by atoms with van der Waals surface area (Å²) in [6.45, 7) is 6.78. The minimum Gasteiger partial charge on any atom is -0.494 e. The second-order valence-corrected chi connectivity index (χ2v) is 10.5. The van der Waals surface area contributed by atoms with Crippen LogP contribution >= 0.6 is 0 Å². The third-order valence-electron chi connectivity index (χ3n) is 6.75. The lowest BCUT2D eigenvalue weighted by Crippen LogP contribution is -2.47. The molecule has 1 saturated heterocycles. The first-order chi connectivity index (χ1) is 19.7. The van der Waals surface area contributed by atoms with Crippen LogP contribution in [-0.2, 0) is 30.3 Å². The lowest BCUT2D eigenvalue weighted by molar-refractivity contribution is -0.145. The Morgan fingerprint density at radius 1 is 0.878 bits per heavy atom. The molecule has 0 spiro atoms. The van der Waals surface area contributed by atoms with E-state index in [4.69, 9.17) is 18.8 Å². The van der Waals surface area contributed by atoms with Gasteiger partial charge in [-0.15, -0.1) is 0 Å². The fourth-order valence-corrected chi connectivity index (χ4v) is 4.80. The highest BCUT2D eigenvalue weighted by Gasteiger charge is 2.33. The zero-order chi connectivity index (χ0) is 29.4. The largest absolute Gasteiger partial charge is 0.636 e. The zero-order valence-corrected chi connectivity index (χ0v) is 24.1. The number of Topliss-reactive ketones (excluding diaryl/α,β-unsaturated/α-hetero) is 1. The second kappa shape index (κ2) is 14.0. The van der Waals surface area contributed by atoms with Crippen LogP contribution in [0, 0.1) is 13.8 Å². The molecule has 41 heavy (non-hydrogen) atoms. The summed E-state index contributed by atoms with van der Waals surface area (Å²) < 4.78 is 22.6. The molecule has 0 N–H and O–H groups in total. The summed E-state index contributed by atoms with van der Waals surface area (Å²) in [6, 6.07) is 19.3. The van der Waals surface area contributed by atoms with Crippen LogP contribution in [0.3, 0.4) is 0 Å². The fraction of sp³-hybridized carbons (Fsp3) is 0.344. The van der Waals surface area contributed by atoms with E-state index >= 15 is 0 Å². The molecule has 0 aromatic heterocycles. The normalized spacial score (nSPS) is 14.1. The van der Waals surface area contributed by atoms with Gasteiger partial charge in [-0.1, -0.05) is 30.3 Å². The maximum atomic E-state index is 12.0. The van der Waals surface area contributed by atoms with Crippen molar-refractivity contribution in [2.75, 3.05) is 26.7 Å². The molecule has 3 aromatic carbocycles. The van der Waals surface area contributed by atoms with Crippen molar-refractivity contribution in [3.8, 4) is 22.6 Å². The summed E-state index contributed by atoms with van der Waals surface area (Å²) in [5, 5.41) is 0. The lowest BCUT2D eigenvalue weighted by atomic mass is 9.78. The van der Waals surface area contributed by atoms with Crippen molar-refractivity contribution < 1.29 is 33.2 Å². The van der Waals surface area contributed by atoms with Crippen LogP contribution in [0.25, 0.3) is 11.1 Å². The molecule has 0 amide bonds. The van der Waals surface area contributed by atoms with Crippen molar-refractivity contribution in [2.45, 2.75) is 46.6 Å². The topological polar surface area (TPSA) is 91.4 Å². The summed E-state index contributed by atoms with van der Waals surface area (Å²) in [6.07, 6.45) is 2.29. The molecular formula is C32H36BNO7. The number of aryl methyl sites for hydroxylation is 2. The highest BCUT2D eigenvalue weighted by Crippen LogP contribution is 2.32. The molecule has 0 atom stereocenters. The Kier molecular flexibility index (Phi) is 10.2. The minimum absolute atomic E-state index is 0.0199. The Hall–Kier alpha value is -4.11. The van der Waals surface area contributed by atoms with Crippen LogP contribution < -0.4 is 14.9 Å². The Balaban J connectivity index is 1.37. The van der Waals surface area contributed by atoms with E-state index in [-0.39, 0.29) is 18.9 Å². The SMILES string of the molecule is CC(=O)CCCCOc1cc(C)c(-c2cccc(COc3ccc(B4OC(=O)CN(C)CC(=O)O4)cc3)c2)c(C)c1. The molecular weight excluding hydrogens is 521 g/mol. The Labute approximate surface area is 241 Å². The molecule has 9 heteroatoms. The molecule has 3 aromatic rings. The van der Waals surface area contributed by atoms with E-state index in [1.807, 2.05) is 12.1 Å². The summed E-state index contributed by atoms with van der Waals surface area (Å²) in [7, 11) is 0.575. The molecule has 0 aliphatic carbocycles. The van der Waals surface area contributed by atoms with E-state index in [1.165, 1.54) is 0 Å². The van der Waals surface area contributed by atoms with Gasteiger partial charge in [-0.3, -0.25) is 14.5 Å². The molecule has 1 aliphatic rings. The molecule has 1 aliphatic heterocycles. The van der Waals surface area contributed by atoms with E-state index in [0.29, 0.717) is 30.8 Å². The monoisotopic (exact) mass is 557 g/mol. The van der Waals surface area contributed by atoms with Gasteiger partial charge in [-0.25, -0.2) is 0 Å². The maximum absolute atomic E-state index is 12.0. The highest BCUT2D eigenvalue weighted by atomic mass is 16.6. The summed E-state index contributed by atoms with van der Waals surface area (Å²) >= 11 is 0. The van der Waals surface area contributed by atoms with Crippen LogP contribution in [-0.4, -0.2) is 56.5 Å². The first kappa shape index (κ1) is 29.9. The zero-order valence-electron chi connectivity index (χ0n) is 24.1. The average Bonchev–Trinajstić information content (AvgIpc) is 2.90. The maximum Gasteiger partial charge on any atom is 0.636 e. The molecule has 0 radical (unpaired) electrons. The van der Waals surface area contributed by atoms with Gasteiger partial charge in [0.25, 0.3) is 0 Å². The predicted molar refractivity (Wildman–Crippen MR) is 157 cm³/mol. The summed E-state index contributed by atoms with van der Waals surface area (Å²) in [4.78, 5) is 36.7. The lowest BCUT2D eigenvalue weighted by Gasteiger charge is -2.22. The quantitative estimate of drug-likeness (QED) is 0.253. The average molecular weight is 557 g/mol. The molecule has 4 rings (SSSR count). The van der Waals surface area contributed by atoms with Gasteiger partial charge in [0.15, 0.2) is 0 Å². The Morgan fingerprint density at radius 3 is 2.17 bits per heavy atom. The molecule has 0 bridgehead atoms. The van der Waals surface area contributed by atoms with Crippen molar-refractivity contribution in [3.05, 3.63) is 77.4 Å². The molecule has 8 nitrogen and oxygen atoms in total. The third-order valence-corrected chi connectivity index (χ3v) is 6.75. The number of hydrogen-bond donors (Lipinski definition) is 0. The number of ether oxygens (including phenoxy) is 2. The Bertz CT molecular complexity index is 1350. The standard InChI is InChI=1S/C32H36BNO7/c1-22-16-29(38-15-6-5-8-24(3)35)17-23(2)32(22)26-10-7-9-25(18-26)21-39-28-13-11-27(12-14-28)33-40-30(36)19-34(4)20-31(37)41-33/h7,9-14,16-18H,5-6,8,15,19-21H2,1-4H3. The van der Waals surface area contributed by atoms with Gasteiger partial charge in [0, 0.05) is 11.9 Å². The van der Waals surface area contributed by atoms with Gasteiger partial charge in [0.05, 0.1) is 19.7 Å². The molecule has 0 unspecified atom stereocenters. The van der Waals surface area contributed by atoms with Crippen molar-refractivity contribution in [1.29, 1.82) is 0 Å². The van der Waals surface area contributed by atoms with Crippen LogP contribution in [0.4, 0.5) is 0 Å². The smallest absolute Gasteiger partial charge is 0.494 e. The number of ketones is 1. The Morgan fingerprint density at radius 2 is 1.54 bits per heavy atom. The van der Waals surface area contributed by atoms with Gasteiger partial charge in [-0.2, -0.15) is 0 Å². The molecule has 214 valence electrons. The number of benzene rings is 3. The third kappa shape index (κ3) is 8.69. The number of carbonyl (C=O) groups is 3. The molecule has 1 heterocycles. The molecule has 0 saturated carbocycles. The van der Waals surface area contributed by atoms with E-state index < -0.39 is 19.1 Å². The number of unbranched alkanes of at least 4 members (excludes halogenated alkanes) is 1. The number of nitrogens with zero attached hydrogens (tertiary/aromatic N) is 1. The van der Waals surface area contributed by atoms with Gasteiger partial charge in [0.1, 0.15) is 23.9 Å². The summed E-state index contributed by atoms with van der Waals surface area (Å²) in [5.41, 5.74) is 6.08. The van der Waals surface area contributed by atoms with E-state index in [9.17, 15) is 14.4 Å². The van der Waals surface area contributed by atoms with Crippen LogP contribution in [0.15, 0.2) is 60.7 Å². The van der Waals surface area contributed by atoms with E-state index in [0.717, 1.165) is 46.4 Å². The number of hydrogen-bond acceptors (Lipinski definition) is 8. The minimum atomic E-state index is -1.08. The predicted octanol–water partition coefficient (Wildman–Crippen LogP) is 4.41. The number of rotatable bonds is 11. The van der Waals surface area contributed by atoms with Crippen molar-refractivity contribution in [2.24, 2.45) is 0 Å². The molecule has 1 fully saturated rings. The van der Waals surface area contributed by atoms with Gasteiger partial charge in [0.2, 0.25) is 0 Å². The first-order valence-corrected chi connectivity index (χ1v) is 13.8. The van der Waals surface area contributed by atoms with Crippen LogP contribution in [0.1, 0.15) is 42.9 Å². The number of carbonyl (C=O) groups excluding carboxylic acids is 3. The second-order valence-electron chi connectivity index (χ2n) is 10.5. The van der Waals surface area contributed by atoms with Gasteiger partial charge in [-0.05, 0) is 98.8 Å². The number of likely N-dealkylation sites (N-methyl/N-ethyl adjacent to an activating group) is 1. The van der Waals surface area contributed by atoms with Gasteiger partial charge < -0.3 is 23.6 Å². The first-order valence-electron chi connectivity index (χ1n) is 13.8. The van der Waals surface area contributed by atoms with E-state index in [2.05, 4.69) is 38.1 Å². The van der Waals surface area contributed by atoms with Crippen LogP contribution in [0.2, 0.25) is 0 Å². The van der Waals surface area contributed by atoms with Crippen molar-refractivity contribution in [1.82, 2.24) is 4.90 Å². The highest BCUT2D eigenvalue weighted by molar-refractivity contribution is 6.64.